The number of methoxy groups -OCH3 is 1. The van der Waals surface area contributed by atoms with Crippen LogP contribution in [-0.2, 0) is 0 Å². The molecule has 0 atom stereocenters. The molecule has 0 fully saturated rings. The summed E-state index contributed by atoms with van der Waals surface area (Å²) in [6, 6.07) is 8.87. The van der Waals surface area contributed by atoms with Crippen molar-refractivity contribution < 1.29 is 9.47 Å². The van der Waals surface area contributed by atoms with Gasteiger partial charge >= 0.3 is 0 Å². The lowest BCUT2D eigenvalue weighted by Gasteiger charge is -2.26. The number of rotatable bonds is 7. The summed E-state index contributed by atoms with van der Waals surface area (Å²) < 4.78 is 11.9. The molecule has 0 radical (unpaired) electrons. The fourth-order valence-corrected chi connectivity index (χ4v) is 3.77. The SMILES string of the molecule is COc1ccc(OC(C)C)c(C)c1-c1c(C(C)C)cc(C(C)C)cc1C(C)C. The fourth-order valence-electron chi connectivity index (χ4n) is 3.77. The van der Waals surface area contributed by atoms with Crippen molar-refractivity contribution in [2.75, 3.05) is 7.11 Å². The highest BCUT2D eigenvalue weighted by molar-refractivity contribution is 5.82. The molecule has 2 heteroatoms. The Hall–Kier alpha value is -1.96. The normalized spacial score (nSPS) is 11.8. The van der Waals surface area contributed by atoms with E-state index in [1.165, 1.54) is 27.8 Å². The topological polar surface area (TPSA) is 18.5 Å². The lowest BCUT2D eigenvalue weighted by Crippen LogP contribution is -2.09. The first-order valence-electron chi connectivity index (χ1n) is 10.6. The molecule has 0 amide bonds. The first kappa shape index (κ1) is 22.3. The van der Waals surface area contributed by atoms with Crippen molar-refractivity contribution in [1.29, 1.82) is 0 Å². The molecule has 2 aromatic carbocycles. The van der Waals surface area contributed by atoms with Gasteiger partial charge in [-0.25, -0.2) is 0 Å². The van der Waals surface area contributed by atoms with Crippen molar-refractivity contribution in [2.45, 2.75) is 86.2 Å². The zero-order valence-corrected chi connectivity index (χ0v) is 19.4. The number of ether oxygens (including phenoxy) is 2. The molecule has 0 N–H and O–H groups in total. The van der Waals surface area contributed by atoms with Crippen molar-refractivity contribution in [3.05, 3.63) is 46.5 Å². The Bertz CT molecular complexity index is 784. The molecular weight excluding hydrogens is 344 g/mol. The van der Waals surface area contributed by atoms with Crippen LogP contribution in [0, 0.1) is 6.92 Å². The van der Waals surface area contributed by atoms with E-state index in [2.05, 4.69) is 74.4 Å². The zero-order chi connectivity index (χ0) is 21.2. The number of hydrogen-bond donors (Lipinski definition) is 0. The van der Waals surface area contributed by atoms with Gasteiger partial charge in [-0.05, 0) is 72.9 Å². The zero-order valence-electron chi connectivity index (χ0n) is 19.4. The summed E-state index contributed by atoms with van der Waals surface area (Å²) in [4.78, 5) is 0. The molecule has 0 aliphatic rings. The largest absolute Gasteiger partial charge is 0.496 e. The van der Waals surface area contributed by atoms with E-state index in [1.807, 2.05) is 12.1 Å². The number of hydrogen-bond acceptors (Lipinski definition) is 2. The second kappa shape index (κ2) is 9.03. The van der Waals surface area contributed by atoms with Crippen molar-refractivity contribution >= 4 is 0 Å². The highest BCUT2D eigenvalue weighted by Gasteiger charge is 2.24. The van der Waals surface area contributed by atoms with Crippen molar-refractivity contribution in [2.24, 2.45) is 0 Å². The summed E-state index contributed by atoms with van der Waals surface area (Å²) in [5.74, 6) is 3.19. The molecule has 2 nitrogen and oxygen atoms in total. The summed E-state index contributed by atoms with van der Waals surface area (Å²) >= 11 is 0. The molecule has 0 aromatic heterocycles. The smallest absolute Gasteiger partial charge is 0.127 e. The average molecular weight is 383 g/mol. The van der Waals surface area contributed by atoms with Gasteiger partial charge in [-0.15, -0.1) is 0 Å². The molecule has 0 unspecified atom stereocenters. The summed E-state index contributed by atoms with van der Waals surface area (Å²) in [7, 11) is 1.76. The molecule has 2 aromatic rings. The van der Waals surface area contributed by atoms with Crippen molar-refractivity contribution in [3.8, 4) is 22.6 Å². The van der Waals surface area contributed by atoms with E-state index >= 15 is 0 Å². The lowest BCUT2D eigenvalue weighted by molar-refractivity contribution is 0.240. The van der Waals surface area contributed by atoms with Crippen LogP contribution in [0.15, 0.2) is 24.3 Å². The van der Waals surface area contributed by atoms with Gasteiger partial charge in [0.15, 0.2) is 0 Å². The first-order valence-corrected chi connectivity index (χ1v) is 10.6. The van der Waals surface area contributed by atoms with Crippen LogP contribution >= 0.6 is 0 Å². The molecule has 0 aliphatic carbocycles. The Morgan fingerprint density at radius 1 is 0.679 bits per heavy atom. The Kier molecular flexibility index (Phi) is 7.20. The molecule has 0 spiro atoms. The Morgan fingerprint density at radius 3 is 1.57 bits per heavy atom. The molecule has 0 bridgehead atoms. The predicted octanol–water partition coefficient (Wildman–Crippen LogP) is 7.83. The molecule has 0 aliphatic heterocycles. The lowest BCUT2D eigenvalue weighted by atomic mass is 9.80. The average Bonchev–Trinajstić information content (AvgIpc) is 2.61. The highest BCUT2D eigenvalue weighted by atomic mass is 16.5. The maximum atomic E-state index is 6.11. The van der Waals surface area contributed by atoms with Gasteiger partial charge < -0.3 is 9.47 Å². The van der Waals surface area contributed by atoms with Crippen LogP contribution in [0.25, 0.3) is 11.1 Å². The Morgan fingerprint density at radius 2 is 1.18 bits per heavy atom. The quantitative estimate of drug-likeness (QED) is 0.486. The molecule has 0 saturated carbocycles. The van der Waals surface area contributed by atoms with Crippen LogP contribution < -0.4 is 9.47 Å². The van der Waals surface area contributed by atoms with Gasteiger partial charge in [-0.1, -0.05) is 53.7 Å². The van der Waals surface area contributed by atoms with Crippen molar-refractivity contribution in [1.82, 2.24) is 0 Å². The first-order chi connectivity index (χ1) is 13.1. The molecule has 2 rings (SSSR count). The number of benzene rings is 2. The molecular formula is C26H38O2. The minimum absolute atomic E-state index is 0.136. The molecule has 154 valence electrons. The van der Waals surface area contributed by atoms with E-state index in [0.29, 0.717) is 17.8 Å². The Balaban J connectivity index is 2.93. The van der Waals surface area contributed by atoms with E-state index in [1.54, 1.807) is 7.11 Å². The standard InChI is InChI=1S/C26H38O2/c1-15(2)20-13-21(16(3)4)26(22(14-20)17(5)6)25-19(9)23(28-18(7)8)11-12-24(25)27-10/h11-18H,1-10H3. The molecule has 0 heterocycles. The fraction of sp³-hybridized carbons (Fsp3) is 0.538. The van der Waals surface area contributed by atoms with Gasteiger partial charge in [-0.2, -0.15) is 0 Å². The van der Waals surface area contributed by atoms with Crippen LogP contribution in [-0.4, -0.2) is 13.2 Å². The summed E-state index contributed by atoms with van der Waals surface area (Å²) in [5, 5.41) is 0. The summed E-state index contributed by atoms with van der Waals surface area (Å²) in [5.41, 5.74) is 7.81. The van der Waals surface area contributed by atoms with Gasteiger partial charge in [0.25, 0.3) is 0 Å². The monoisotopic (exact) mass is 382 g/mol. The van der Waals surface area contributed by atoms with Crippen LogP contribution in [0.4, 0.5) is 0 Å². The van der Waals surface area contributed by atoms with Gasteiger partial charge in [0.1, 0.15) is 11.5 Å². The maximum absolute atomic E-state index is 6.11. The van der Waals surface area contributed by atoms with Gasteiger partial charge in [-0.3, -0.25) is 0 Å². The van der Waals surface area contributed by atoms with E-state index in [-0.39, 0.29) is 6.10 Å². The second-order valence-corrected chi connectivity index (χ2v) is 8.97. The van der Waals surface area contributed by atoms with E-state index < -0.39 is 0 Å². The second-order valence-electron chi connectivity index (χ2n) is 8.97. The third kappa shape index (κ3) is 4.54. The van der Waals surface area contributed by atoms with E-state index in [4.69, 9.17) is 9.47 Å². The predicted molar refractivity (Wildman–Crippen MR) is 121 cm³/mol. The third-order valence-corrected chi connectivity index (χ3v) is 5.34. The van der Waals surface area contributed by atoms with E-state index in [9.17, 15) is 0 Å². The van der Waals surface area contributed by atoms with E-state index in [0.717, 1.165) is 17.1 Å². The minimum Gasteiger partial charge on any atom is -0.496 e. The minimum atomic E-state index is 0.136. The Labute approximate surface area is 172 Å². The van der Waals surface area contributed by atoms with Gasteiger partial charge in [0.05, 0.1) is 13.2 Å². The summed E-state index contributed by atoms with van der Waals surface area (Å²) in [6.45, 7) is 20.0. The summed E-state index contributed by atoms with van der Waals surface area (Å²) in [6.07, 6.45) is 0.136. The van der Waals surface area contributed by atoms with Crippen molar-refractivity contribution in [3.63, 3.8) is 0 Å². The van der Waals surface area contributed by atoms with Gasteiger partial charge in [0, 0.05) is 11.1 Å². The van der Waals surface area contributed by atoms with Crippen LogP contribution in [0.5, 0.6) is 11.5 Å². The molecule has 0 saturated heterocycles. The maximum Gasteiger partial charge on any atom is 0.127 e. The van der Waals surface area contributed by atoms with Crippen LogP contribution in [0.2, 0.25) is 0 Å². The third-order valence-electron chi connectivity index (χ3n) is 5.34. The van der Waals surface area contributed by atoms with Gasteiger partial charge in [0.2, 0.25) is 0 Å². The van der Waals surface area contributed by atoms with Crippen LogP contribution in [0.1, 0.15) is 95.4 Å². The van der Waals surface area contributed by atoms with Crippen LogP contribution in [0.3, 0.4) is 0 Å². The molecule has 28 heavy (non-hydrogen) atoms. The highest BCUT2D eigenvalue weighted by Crippen LogP contribution is 2.46.